The van der Waals surface area contributed by atoms with Crippen LogP contribution in [0.1, 0.15) is 11.1 Å². The molecule has 0 amide bonds. The van der Waals surface area contributed by atoms with E-state index in [4.69, 9.17) is 10.5 Å². The standard InChI is InChI=1S/C15H18N2O/c1-11-8-13(16)6-7-15(11)17-14-5-3-4-12(9-14)10-18-2/h3-9,17H,10,16H2,1-2H3. The van der Waals surface area contributed by atoms with Gasteiger partial charge in [0.05, 0.1) is 6.61 Å². The van der Waals surface area contributed by atoms with Gasteiger partial charge in [0.1, 0.15) is 0 Å². The summed E-state index contributed by atoms with van der Waals surface area (Å²) in [6.45, 7) is 2.66. The lowest BCUT2D eigenvalue weighted by Crippen LogP contribution is -1.96. The van der Waals surface area contributed by atoms with Crippen LogP contribution in [0.5, 0.6) is 0 Å². The van der Waals surface area contributed by atoms with Crippen molar-refractivity contribution in [1.29, 1.82) is 0 Å². The summed E-state index contributed by atoms with van der Waals surface area (Å²) in [5, 5.41) is 3.39. The number of anilines is 3. The molecule has 0 fully saturated rings. The fourth-order valence-electron chi connectivity index (χ4n) is 1.89. The first-order chi connectivity index (χ1) is 8.69. The molecule has 0 aliphatic heterocycles. The summed E-state index contributed by atoms with van der Waals surface area (Å²) in [4.78, 5) is 0. The van der Waals surface area contributed by atoms with Crippen LogP contribution in [0, 0.1) is 6.92 Å². The maximum atomic E-state index is 5.74. The summed E-state index contributed by atoms with van der Waals surface area (Å²) in [7, 11) is 1.70. The van der Waals surface area contributed by atoms with E-state index in [1.54, 1.807) is 7.11 Å². The number of hydrogen-bond acceptors (Lipinski definition) is 3. The smallest absolute Gasteiger partial charge is 0.0713 e. The molecule has 0 unspecified atom stereocenters. The Morgan fingerprint density at radius 1 is 1.17 bits per heavy atom. The molecule has 0 saturated heterocycles. The molecule has 0 aliphatic rings. The monoisotopic (exact) mass is 242 g/mol. The normalized spacial score (nSPS) is 10.3. The van der Waals surface area contributed by atoms with Crippen LogP contribution in [-0.2, 0) is 11.3 Å². The third-order valence-electron chi connectivity index (χ3n) is 2.77. The first kappa shape index (κ1) is 12.5. The molecule has 3 N–H and O–H groups in total. The van der Waals surface area contributed by atoms with Gasteiger partial charge in [-0.25, -0.2) is 0 Å². The zero-order chi connectivity index (χ0) is 13.0. The third-order valence-corrected chi connectivity index (χ3v) is 2.77. The van der Waals surface area contributed by atoms with E-state index in [0.717, 1.165) is 28.2 Å². The zero-order valence-electron chi connectivity index (χ0n) is 10.7. The number of nitrogen functional groups attached to an aromatic ring is 1. The van der Waals surface area contributed by atoms with E-state index in [1.807, 2.05) is 43.3 Å². The predicted octanol–water partition coefficient (Wildman–Crippen LogP) is 3.47. The van der Waals surface area contributed by atoms with E-state index in [9.17, 15) is 0 Å². The van der Waals surface area contributed by atoms with Gasteiger partial charge in [0, 0.05) is 24.2 Å². The SMILES string of the molecule is COCc1cccc(Nc2ccc(N)cc2C)c1. The number of methoxy groups -OCH3 is 1. The first-order valence-corrected chi connectivity index (χ1v) is 5.90. The average molecular weight is 242 g/mol. The molecule has 0 spiro atoms. The number of rotatable bonds is 4. The maximum absolute atomic E-state index is 5.74. The number of ether oxygens (including phenoxy) is 1. The fraction of sp³-hybridized carbons (Fsp3) is 0.200. The van der Waals surface area contributed by atoms with Crippen molar-refractivity contribution in [3.05, 3.63) is 53.6 Å². The van der Waals surface area contributed by atoms with E-state index in [-0.39, 0.29) is 0 Å². The van der Waals surface area contributed by atoms with Gasteiger partial charge >= 0.3 is 0 Å². The molecule has 0 saturated carbocycles. The van der Waals surface area contributed by atoms with Gasteiger partial charge in [0.2, 0.25) is 0 Å². The van der Waals surface area contributed by atoms with Crippen molar-refractivity contribution in [2.45, 2.75) is 13.5 Å². The van der Waals surface area contributed by atoms with E-state index in [0.29, 0.717) is 6.61 Å². The molecule has 2 aromatic carbocycles. The minimum atomic E-state index is 0.621. The van der Waals surface area contributed by atoms with Gasteiger partial charge in [0.25, 0.3) is 0 Å². The molecule has 2 rings (SSSR count). The van der Waals surface area contributed by atoms with Gasteiger partial charge in [-0.15, -0.1) is 0 Å². The van der Waals surface area contributed by atoms with Gasteiger partial charge in [0.15, 0.2) is 0 Å². The number of benzene rings is 2. The lowest BCUT2D eigenvalue weighted by atomic mass is 10.1. The van der Waals surface area contributed by atoms with Crippen LogP contribution < -0.4 is 11.1 Å². The Hall–Kier alpha value is -2.00. The second-order valence-corrected chi connectivity index (χ2v) is 4.33. The molecule has 0 bridgehead atoms. The highest BCUT2D eigenvalue weighted by atomic mass is 16.5. The number of hydrogen-bond donors (Lipinski definition) is 2. The van der Waals surface area contributed by atoms with E-state index < -0.39 is 0 Å². The lowest BCUT2D eigenvalue weighted by molar-refractivity contribution is 0.185. The summed E-state index contributed by atoms with van der Waals surface area (Å²) >= 11 is 0. The van der Waals surface area contributed by atoms with Crippen LogP contribution in [0.4, 0.5) is 17.1 Å². The predicted molar refractivity (Wildman–Crippen MR) is 76.0 cm³/mol. The zero-order valence-corrected chi connectivity index (χ0v) is 10.7. The molecule has 0 aromatic heterocycles. The molecule has 0 heterocycles. The highest BCUT2D eigenvalue weighted by Crippen LogP contribution is 2.23. The van der Waals surface area contributed by atoms with Crippen molar-refractivity contribution in [2.24, 2.45) is 0 Å². The molecular formula is C15H18N2O. The van der Waals surface area contributed by atoms with E-state index >= 15 is 0 Å². The van der Waals surface area contributed by atoms with Crippen LogP contribution in [0.3, 0.4) is 0 Å². The molecule has 18 heavy (non-hydrogen) atoms. The third kappa shape index (κ3) is 3.02. The molecule has 0 atom stereocenters. The second-order valence-electron chi connectivity index (χ2n) is 4.33. The summed E-state index contributed by atoms with van der Waals surface area (Å²) in [5.41, 5.74) is 10.9. The summed E-state index contributed by atoms with van der Waals surface area (Å²) in [6.07, 6.45) is 0. The Morgan fingerprint density at radius 2 is 2.00 bits per heavy atom. The van der Waals surface area contributed by atoms with Gasteiger partial charge in [-0.3, -0.25) is 0 Å². The highest BCUT2D eigenvalue weighted by Gasteiger charge is 2.00. The summed E-state index contributed by atoms with van der Waals surface area (Å²) < 4.78 is 5.13. The van der Waals surface area contributed by atoms with Crippen LogP contribution in [0.25, 0.3) is 0 Å². The summed E-state index contributed by atoms with van der Waals surface area (Å²) in [5.74, 6) is 0. The fourth-order valence-corrected chi connectivity index (χ4v) is 1.89. The average Bonchev–Trinajstić information content (AvgIpc) is 2.34. The van der Waals surface area contributed by atoms with E-state index in [1.165, 1.54) is 0 Å². The number of aryl methyl sites for hydroxylation is 1. The van der Waals surface area contributed by atoms with Crippen molar-refractivity contribution < 1.29 is 4.74 Å². The minimum Gasteiger partial charge on any atom is -0.399 e. The molecule has 3 nitrogen and oxygen atoms in total. The molecule has 0 radical (unpaired) electrons. The second kappa shape index (κ2) is 5.56. The van der Waals surface area contributed by atoms with Crippen molar-refractivity contribution in [3.8, 4) is 0 Å². The highest BCUT2D eigenvalue weighted by molar-refractivity contribution is 5.66. The van der Waals surface area contributed by atoms with Crippen molar-refractivity contribution >= 4 is 17.1 Å². The molecule has 0 aliphatic carbocycles. The quantitative estimate of drug-likeness (QED) is 0.807. The Kier molecular flexibility index (Phi) is 3.85. The van der Waals surface area contributed by atoms with Crippen molar-refractivity contribution in [1.82, 2.24) is 0 Å². The van der Waals surface area contributed by atoms with Crippen molar-refractivity contribution in [2.75, 3.05) is 18.2 Å². The Morgan fingerprint density at radius 3 is 2.72 bits per heavy atom. The van der Waals surface area contributed by atoms with Gasteiger partial charge in [-0.05, 0) is 48.4 Å². The maximum Gasteiger partial charge on any atom is 0.0713 e. The van der Waals surface area contributed by atoms with Crippen LogP contribution >= 0.6 is 0 Å². The van der Waals surface area contributed by atoms with Crippen LogP contribution in [0.15, 0.2) is 42.5 Å². The topological polar surface area (TPSA) is 47.3 Å². The lowest BCUT2D eigenvalue weighted by Gasteiger charge is -2.11. The van der Waals surface area contributed by atoms with Crippen molar-refractivity contribution in [3.63, 3.8) is 0 Å². The van der Waals surface area contributed by atoms with Crippen LogP contribution in [0.2, 0.25) is 0 Å². The molecular weight excluding hydrogens is 224 g/mol. The van der Waals surface area contributed by atoms with E-state index in [2.05, 4.69) is 11.4 Å². The number of nitrogens with one attached hydrogen (secondary N) is 1. The summed E-state index contributed by atoms with van der Waals surface area (Å²) in [6, 6.07) is 14.0. The first-order valence-electron chi connectivity index (χ1n) is 5.90. The Bertz CT molecular complexity index is 538. The van der Waals surface area contributed by atoms with Gasteiger partial charge in [-0.2, -0.15) is 0 Å². The Labute approximate surface area is 108 Å². The van der Waals surface area contributed by atoms with Gasteiger partial charge < -0.3 is 15.8 Å². The van der Waals surface area contributed by atoms with Gasteiger partial charge in [-0.1, -0.05) is 12.1 Å². The minimum absolute atomic E-state index is 0.621. The number of nitrogens with two attached hydrogens (primary N) is 1. The molecule has 2 aromatic rings. The molecule has 94 valence electrons. The molecule has 3 heteroatoms. The largest absolute Gasteiger partial charge is 0.399 e. The Balaban J connectivity index is 2.20. The van der Waals surface area contributed by atoms with Crippen LogP contribution in [-0.4, -0.2) is 7.11 Å².